The molecule has 0 spiro atoms. The van der Waals surface area contributed by atoms with E-state index < -0.39 is 58.5 Å². The average Bonchev–Trinajstić information content (AvgIpc) is 3.87. The molecule has 3 fully saturated rings. The number of para-hydroxylation sites is 2. The summed E-state index contributed by atoms with van der Waals surface area (Å²) in [6.45, 7) is 0. The zero-order valence-electron chi connectivity index (χ0n) is 31.6. The van der Waals surface area contributed by atoms with E-state index in [1.165, 1.54) is 36.3 Å². The van der Waals surface area contributed by atoms with Gasteiger partial charge < -0.3 is 14.3 Å². The van der Waals surface area contributed by atoms with E-state index in [1.54, 1.807) is 60.7 Å². The number of aromatic hydroxyl groups is 1. The number of hydrazine groups is 1. The summed E-state index contributed by atoms with van der Waals surface area (Å²) in [5.41, 5.74) is 5.27. The number of carbonyl (C=O) groups excluding carboxylic acids is 4. The number of benzene rings is 5. The summed E-state index contributed by atoms with van der Waals surface area (Å²) in [7, 11) is 1.41. The molecule has 10 rings (SSSR count). The predicted octanol–water partition coefficient (Wildman–Crippen LogP) is 8.95. The monoisotopic (exact) mass is 886 g/mol. The molecule has 6 atom stereocenters. The van der Waals surface area contributed by atoms with Crippen LogP contribution in [0.25, 0.3) is 22.6 Å². The fourth-order valence-electron chi connectivity index (χ4n) is 9.97. The number of ether oxygens (including phenoxy) is 1. The summed E-state index contributed by atoms with van der Waals surface area (Å²) >= 11 is 9.97. The molecule has 14 heteroatoms. The number of nitrogens with one attached hydrogen (secondary N) is 1. The van der Waals surface area contributed by atoms with Crippen LogP contribution in [0.5, 0.6) is 11.5 Å². The smallest absolute Gasteiger partial charge is 0.260 e. The molecule has 6 aromatic rings. The van der Waals surface area contributed by atoms with Gasteiger partial charge in [0.1, 0.15) is 11.3 Å². The number of allylic oxidation sites excluding steroid dienone is 2. The minimum atomic E-state index is -1.70. The SMILES string of the molecule is COc1cc(Br)cc(C2C3=CCC4C(=O)N(c5ccc(-c6nc7ccccc7o6)cc5)C(=O)C4C3CC3C(=O)N(Nc4ccc(F)cc4)C(=O)C32c2ccc(Cl)cc2)c1O. The van der Waals surface area contributed by atoms with Crippen LogP contribution in [-0.4, -0.2) is 45.8 Å². The van der Waals surface area contributed by atoms with Crippen LogP contribution in [0.15, 0.2) is 130 Å². The van der Waals surface area contributed by atoms with Crippen molar-refractivity contribution < 1.29 is 37.8 Å². The molecule has 300 valence electrons. The van der Waals surface area contributed by atoms with E-state index in [9.17, 15) is 23.9 Å². The van der Waals surface area contributed by atoms with Gasteiger partial charge in [0, 0.05) is 26.5 Å². The van der Waals surface area contributed by atoms with Crippen LogP contribution in [0.1, 0.15) is 29.9 Å². The molecule has 4 aliphatic rings. The van der Waals surface area contributed by atoms with Crippen molar-refractivity contribution in [1.29, 1.82) is 0 Å². The molecule has 3 heterocycles. The van der Waals surface area contributed by atoms with Gasteiger partial charge in [-0.1, -0.05) is 63.4 Å². The van der Waals surface area contributed by atoms with Gasteiger partial charge in [-0.05, 0) is 109 Å². The number of aromatic nitrogens is 1. The molecule has 2 N–H and O–H groups in total. The highest BCUT2D eigenvalue weighted by atomic mass is 79.9. The molecule has 11 nitrogen and oxygen atoms in total. The van der Waals surface area contributed by atoms with Crippen molar-refractivity contribution >= 4 is 73.6 Å². The molecular weight excluding hydrogens is 855 g/mol. The number of hydrogen-bond donors (Lipinski definition) is 2. The molecule has 2 saturated heterocycles. The first kappa shape index (κ1) is 37.9. The maximum absolute atomic E-state index is 15.4. The molecule has 1 aromatic heterocycles. The number of carbonyl (C=O) groups is 4. The van der Waals surface area contributed by atoms with E-state index in [0.29, 0.717) is 48.9 Å². The number of phenols is 1. The molecule has 4 amide bonds. The molecular formula is C46H33BrClFN4O7. The Bertz CT molecular complexity index is 2780. The fourth-order valence-corrected chi connectivity index (χ4v) is 10.6. The maximum Gasteiger partial charge on any atom is 0.260 e. The number of anilines is 2. The maximum atomic E-state index is 15.4. The lowest BCUT2D eigenvalue weighted by Crippen LogP contribution is -2.53. The highest BCUT2D eigenvalue weighted by molar-refractivity contribution is 9.10. The van der Waals surface area contributed by atoms with Gasteiger partial charge in [0.25, 0.3) is 11.8 Å². The number of imide groups is 2. The number of halogens is 3. The van der Waals surface area contributed by atoms with Crippen LogP contribution in [0.3, 0.4) is 0 Å². The Morgan fingerprint density at radius 3 is 2.37 bits per heavy atom. The van der Waals surface area contributed by atoms with Gasteiger partial charge in [-0.25, -0.2) is 9.37 Å². The summed E-state index contributed by atoms with van der Waals surface area (Å²) in [6.07, 6.45) is 2.09. The van der Waals surface area contributed by atoms with Crippen LogP contribution in [0.2, 0.25) is 5.02 Å². The lowest BCUT2D eigenvalue weighted by Gasteiger charge is -2.50. The quantitative estimate of drug-likeness (QED) is 0.119. The van der Waals surface area contributed by atoms with Crippen LogP contribution < -0.4 is 15.1 Å². The van der Waals surface area contributed by atoms with Crippen molar-refractivity contribution in [2.75, 3.05) is 17.4 Å². The highest BCUT2D eigenvalue weighted by Crippen LogP contribution is 2.65. The normalized spacial score (nSPS) is 24.7. The van der Waals surface area contributed by atoms with Crippen LogP contribution in [0, 0.1) is 29.5 Å². The Hall–Kier alpha value is -6.31. The Balaban J connectivity index is 1.10. The number of nitrogens with zero attached hydrogens (tertiary/aromatic N) is 3. The summed E-state index contributed by atoms with van der Waals surface area (Å²) in [4.78, 5) is 65.4. The van der Waals surface area contributed by atoms with Gasteiger partial charge in [0.2, 0.25) is 17.7 Å². The predicted molar refractivity (Wildman–Crippen MR) is 223 cm³/mol. The van der Waals surface area contributed by atoms with E-state index in [4.69, 9.17) is 20.8 Å². The largest absolute Gasteiger partial charge is 0.504 e. The zero-order valence-corrected chi connectivity index (χ0v) is 34.0. The third-order valence-corrected chi connectivity index (χ3v) is 13.2. The summed E-state index contributed by atoms with van der Waals surface area (Å²) in [5, 5.41) is 13.3. The highest BCUT2D eigenvalue weighted by Gasteiger charge is 2.70. The van der Waals surface area contributed by atoms with Crippen LogP contribution in [0.4, 0.5) is 15.8 Å². The van der Waals surface area contributed by atoms with Crippen molar-refractivity contribution in [2.24, 2.45) is 23.7 Å². The van der Waals surface area contributed by atoms with E-state index in [-0.39, 0.29) is 41.5 Å². The first-order valence-electron chi connectivity index (χ1n) is 19.3. The van der Waals surface area contributed by atoms with Crippen molar-refractivity contribution in [3.63, 3.8) is 0 Å². The zero-order chi connectivity index (χ0) is 41.6. The Morgan fingerprint density at radius 1 is 0.917 bits per heavy atom. The molecule has 0 radical (unpaired) electrons. The Kier molecular flexibility index (Phi) is 8.95. The number of oxazole rings is 1. The van der Waals surface area contributed by atoms with Gasteiger partial charge in [0.15, 0.2) is 17.1 Å². The second-order valence-electron chi connectivity index (χ2n) is 15.5. The van der Waals surface area contributed by atoms with Gasteiger partial charge in [-0.15, -0.1) is 0 Å². The second kappa shape index (κ2) is 14.2. The standard InChI is InChI=1S/C46H33BrClFN4O7/c1-59-37-21-25(47)20-33(40(37)54)39-30-18-19-31-38(44(57)52(42(31)55)29-16-6-23(7-17-29)41-50-35-4-2-3-5-36(35)60-41)32(30)22-34-43(56)53(51-28-14-12-27(49)13-15-28)45(58)46(34,39)24-8-10-26(48)11-9-24/h2-18,20-21,31-32,34,38-39,51,54H,19,22H2,1H3. The van der Waals surface area contributed by atoms with Crippen molar-refractivity contribution in [3.05, 3.63) is 147 Å². The number of methoxy groups -OCH3 is 1. The first-order chi connectivity index (χ1) is 29.0. The minimum Gasteiger partial charge on any atom is -0.504 e. The molecule has 2 aliphatic heterocycles. The third kappa shape index (κ3) is 5.62. The number of fused-ring (bicyclic) bond motifs is 5. The lowest BCUT2D eigenvalue weighted by atomic mass is 9.49. The minimum absolute atomic E-state index is 0.0215. The molecule has 5 aromatic carbocycles. The number of rotatable bonds is 7. The molecule has 6 unspecified atom stereocenters. The van der Waals surface area contributed by atoms with Gasteiger partial charge in [0.05, 0.1) is 41.7 Å². The van der Waals surface area contributed by atoms with Gasteiger partial charge in [-0.2, -0.15) is 5.01 Å². The Morgan fingerprint density at radius 2 is 1.65 bits per heavy atom. The summed E-state index contributed by atoms with van der Waals surface area (Å²) < 4.78 is 26.1. The number of phenolic OH excluding ortho intramolecular Hbond substituents is 1. The van der Waals surface area contributed by atoms with Crippen LogP contribution in [-0.2, 0) is 24.6 Å². The molecule has 1 saturated carbocycles. The molecule has 60 heavy (non-hydrogen) atoms. The third-order valence-electron chi connectivity index (χ3n) is 12.5. The van der Waals surface area contributed by atoms with Gasteiger partial charge in [-0.3, -0.25) is 29.5 Å². The van der Waals surface area contributed by atoms with Gasteiger partial charge >= 0.3 is 0 Å². The van der Waals surface area contributed by atoms with Crippen LogP contribution >= 0.6 is 27.5 Å². The number of amides is 4. The van der Waals surface area contributed by atoms with Crippen molar-refractivity contribution in [3.8, 4) is 23.0 Å². The Labute approximate surface area is 355 Å². The van der Waals surface area contributed by atoms with Crippen molar-refractivity contribution in [1.82, 2.24) is 9.99 Å². The van der Waals surface area contributed by atoms with E-state index in [2.05, 4.69) is 26.3 Å². The van der Waals surface area contributed by atoms with E-state index in [0.717, 1.165) is 5.01 Å². The summed E-state index contributed by atoms with van der Waals surface area (Å²) in [6, 6.07) is 29.5. The fraction of sp³-hybridized carbons (Fsp3) is 0.196. The number of hydrogen-bond acceptors (Lipinski definition) is 9. The lowest BCUT2D eigenvalue weighted by molar-refractivity contribution is -0.138. The first-order valence-corrected chi connectivity index (χ1v) is 20.4. The molecule has 0 bridgehead atoms. The summed E-state index contributed by atoms with van der Waals surface area (Å²) in [5.74, 6) is -6.74. The van der Waals surface area contributed by atoms with E-state index >= 15 is 4.79 Å². The second-order valence-corrected chi connectivity index (χ2v) is 16.8. The molecule has 2 aliphatic carbocycles. The van der Waals surface area contributed by atoms with E-state index in [1.807, 2.05) is 30.3 Å². The van der Waals surface area contributed by atoms with Crippen molar-refractivity contribution in [2.45, 2.75) is 24.2 Å². The topological polar surface area (TPSA) is 142 Å². The average molecular weight is 888 g/mol.